The van der Waals surface area contributed by atoms with E-state index < -0.39 is 29.6 Å². The fourth-order valence-corrected chi connectivity index (χ4v) is 3.24. The molecule has 0 aliphatic rings. The number of hydrogen-bond donors (Lipinski definition) is 1. The van der Waals surface area contributed by atoms with Crippen molar-refractivity contribution in [3.8, 4) is 0 Å². The lowest BCUT2D eigenvalue weighted by atomic mass is 10.3. The average molecular weight is 421 g/mol. The summed E-state index contributed by atoms with van der Waals surface area (Å²) in [6.07, 6.45) is 0. The lowest BCUT2D eigenvalue weighted by Gasteiger charge is -2.18. The third-order valence-electron chi connectivity index (χ3n) is 3.68. The van der Waals surface area contributed by atoms with E-state index in [0.29, 0.717) is 10.7 Å². The van der Waals surface area contributed by atoms with E-state index in [9.17, 15) is 14.4 Å². The second kappa shape index (κ2) is 10.7. The SMILES string of the molecule is C[C@@H](Sc1ccccc1)C(=O)OCC(=O)N(C)CC(=O)Nc1ccccc1Cl. The van der Waals surface area contributed by atoms with Gasteiger partial charge in [-0.3, -0.25) is 14.4 Å². The maximum atomic E-state index is 12.1. The smallest absolute Gasteiger partial charge is 0.319 e. The molecule has 0 unspecified atom stereocenters. The van der Waals surface area contributed by atoms with Crippen molar-refractivity contribution in [3.63, 3.8) is 0 Å². The Labute approximate surface area is 173 Å². The molecule has 8 heteroatoms. The highest BCUT2D eigenvalue weighted by Gasteiger charge is 2.19. The largest absolute Gasteiger partial charge is 0.455 e. The molecule has 2 aromatic rings. The number of esters is 1. The molecule has 2 rings (SSSR count). The van der Waals surface area contributed by atoms with Crippen LogP contribution in [0.4, 0.5) is 5.69 Å². The van der Waals surface area contributed by atoms with Crippen LogP contribution in [0.25, 0.3) is 0 Å². The van der Waals surface area contributed by atoms with E-state index in [1.165, 1.54) is 23.7 Å². The molecule has 0 aliphatic carbocycles. The molecule has 28 heavy (non-hydrogen) atoms. The van der Waals surface area contributed by atoms with Crippen molar-refractivity contribution in [2.24, 2.45) is 0 Å². The Hall–Kier alpha value is -2.51. The van der Waals surface area contributed by atoms with Crippen molar-refractivity contribution in [3.05, 3.63) is 59.6 Å². The molecule has 0 fully saturated rings. The van der Waals surface area contributed by atoms with Gasteiger partial charge in [0.2, 0.25) is 5.91 Å². The minimum Gasteiger partial charge on any atom is -0.455 e. The van der Waals surface area contributed by atoms with Crippen LogP contribution < -0.4 is 5.32 Å². The molecule has 0 heterocycles. The second-order valence-corrected chi connectivity index (χ2v) is 7.78. The molecule has 2 amide bonds. The highest BCUT2D eigenvalue weighted by molar-refractivity contribution is 8.00. The van der Waals surface area contributed by atoms with Gasteiger partial charge in [-0.05, 0) is 31.2 Å². The third kappa shape index (κ3) is 6.90. The molecule has 6 nitrogen and oxygen atoms in total. The maximum absolute atomic E-state index is 12.1. The summed E-state index contributed by atoms with van der Waals surface area (Å²) in [5.41, 5.74) is 0.466. The van der Waals surface area contributed by atoms with Gasteiger partial charge in [-0.1, -0.05) is 41.9 Å². The Kier molecular flexibility index (Phi) is 8.35. The van der Waals surface area contributed by atoms with Gasteiger partial charge in [0.1, 0.15) is 5.25 Å². The summed E-state index contributed by atoms with van der Waals surface area (Å²) in [5, 5.41) is 2.58. The second-order valence-electron chi connectivity index (χ2n) is 5.96. The maximum Gasteiger partial charge on any atom is 0.319 e. The van der Waals surface area contributed by atoms with Crippen LogP contribution in [-0.2, 0) is 19.1 Å². The van der Waals surface area contributed by atoms with Crippen LogP contribution >= 0.6 is 23.4 Å². The van der Waals surface area contributed by atoms with Gasteiger partial charge in [-0.15, -0.1) is 11.8 Å². The Bertz CT molecular complexity index is 832. The topological polar surface area (TPSA) is 75.7 Å². The first-order valence-electron chi connectivity index (χ1n) is 8.53. The Balaban J connectivity index is 1.76. The van der Waals surface area contributed by atoms with Crippen molar-refractivity contribution in [1.29, 1.82) is 0 Å². The summed E-state index contributed by atoms with van der Waals surface area (Å²) in [4.78, 5) is 38.4. The van der Waals surface area contributed by atoms with Crippen LogP contribution in [0.5, 0.6) is 0 Å². The van der Waals surface area contributed by atoms with E-state index >= 15 is 0 Å². The Morgan fingerprint density at radius 2 is 1.75 bits per heavy atom. The lowest BCUT2D eigenvalue weighted by Crippen LogP contribution is -2.38. The number of likely N-dealkylation sites (N-methyl/N-ethyl adjacent to an activating group) is 1. The third-order valence-corrected chi connectivity index (χ3v) is 5.10. The predicted octanol–water partition coefficient (Wildman–Crippen LogP) is 3.46. The number of amides is 2. The molecule has 0 aliphatic heterocycles. The van der Waals surface area contributed by atoms with Gasteiger partial charge in [0.25, 0.3) is 5.91 Å². The first-order valence-corrected chi connectivity index (χ1v) is 9.79. The molecule has 1 atom stereocenters. The zero-order valence-electron chi connectivity index (χ0n) is 15.6. The van der Waals surface area contributed by atoms with Crippen molar-refractivity contribution < 1.29 is 19.1 Å². The number of benzene rings is 2. The number of para-hydroxylation sites is 1. The molecule has 0 radical (unpaired) electrons. The van der Waals surface area contributed by atoms with E-state index in [1.54, 1.807) is 31.2 Å². The van der Waals surface area contributed by atoms with Gasteiger partial charge >= 0.3 is 5.97 Å². The lowest BCUT2D eigenvalue weighted by molar-refractivity contribution is -0.151. The normalized spacial score (nSPS) is 11.4. The van der Waals surface area contributed by atoms with Gasteiger partial charge in [-0.2, -0.15) is 0 Å². The summed E-state index contributed by atoms with van der Waals surface area (Å²) in [5.74, 6) is -1.36. The van der Waals surface area contributed by atoms with Crippen LogP contribution in [-0.4, -0.2) is 48.1 Å². The zero-order chi connectivity index (χ0) is 20.5. The Morgan fingerprint density at radius 1 is 1.11 bits per heavy atom. The van der Waals surface area contributed by atoms with Gasteiger partial charge in [-0.25, -0.2) is 0 Å². The van der Waals surface area contributed by atoms with Crippen LogP contribution in [0.1, 0.15) is 6.92 Å². The summed E-state index contributed by atoms with van der Waals surface area (Å²) >= 11 is 7.33. The number of rotatable bonds is 8. The predicted molar refractivity (Wildman–Crippen MR) is 110 cm³/mol. The average Bonchev–Trinajstić information content (AvgIpc) is 2.68. The summed E-state index contributed by atoms with van der Waals surface area (Å²) < 4.78 is 5.07. The van der Waals surface area contributed by atoms with E-state index in [4.69, 9.17) is 16.3 Å². The highest BCUT2D eigenvalue weighted by Crippen LogP contribution is 2.23. The van der Waals surface area contributed by atoms with E-state index in [1.807, 2.05) is 30.3 Å². The van der Waals surface area contributed by atoms with Crippen molar-refractivity contribution in [2.45, 2.75) is 17.1 Å². The minimum atomic E-state index is -0.490. The fourth-order valence-electron chi connectivity index (χ4n) is 2.17. The number of carbonyl (C=O) groups excluding carboxylic acids is 3. The van der Waals surface area contributed by atoms with Crippen molar-refractivity contribution in [2.75, 3.05) is 25.5 Å². The first kappa shape index (κ1) is 21.8. The molecule has 148 valence electrons. The van der Waals surface area contributed by atoms with E-state index in [0.717, 1.165) is 4.90 Å². The van der Waals surface area contributed by atoms with E-state index in [-0.39, 0.29) is 6.54 Å². The van der Waals surface area contributed by atoms with Gasteiger partial charge in [0.15, 0.2) is 6.61 Å². The number of hydrogen-bond acceptors (Lipinski definition) is 5. The van der Waals surface area contributed by atoms with Crippen LogP contribution in [0.2, 0.25) is 5.02 Å². The van der Waals surface area contributed by atoms with Crippen molar-refractivity contribution in [1.82, 2.24) is 4.90 Å². The summed E-state index contributed by atoms with van der Waals surface area (Å²) in [6.45, 7) is 1.11. The number of carbonyl (C=O) groups is 3. The fraction of sp³-hybridized carbons (Fsp3) is 0.250. The quantitative estimate of drug-likeness (QED) is 0.522. The molecule has 2 aromatic carbocycles. The monoisotopic (exact) mass is 420 g/mol. The molecule has 0 saturated heterocycles. The van der Waals surface area contributed by atoms with Crippen LogP contribution in [0.3, 0.4) is 0 Å². The molecule has 0 saturated carbocycles. The number of anilines is 1. The number of thioether (sulfide) groups is 1. The number of nitrogens with zero attached hydrogens (tertiary/aromatic N) is 1. The standard InChI is InChI=1S/C20H21ClN2O4S/c1-14(28-15-8-4-3-5-9-15)20(26)27-13-19(25)23(2)12-18(24)22-17-11-7-6-10-16(17)21/h3-11,14H,12-13H2,1-2H3,(H,22,24)/t14-/m1/s1. The molecule has 0 spiro atoms. The van der Waals surface area contributed by atoms with Crippen LogP contribution in [0.15, 0.2) is 59.5 Å². The highest BCUT2D eigenvalue weighted by atomic mass is 35.5. The van der Waals surface area contributed by atoms with Gasteiger partial charge < -0.3 is 15.0 Å². The molecule has 0 aromatic heterocycles. The zero-order valence-corrected chi connectivity index (χ0v) is 17.1. The number of nitrogens with one attached hydrogen (secondary N) is 1. The van der Waals surface area contributed by atoms with Crippen molar-refractivity contribution >= 4 is 46.8 Å². The first-order chi connectivity index (χ1) is 13.4. The molecule has 1 N–H and O–H groups in total. The molecular formula is C20H21ClN2O4S. The van der Waals surface area contributed by atoms with E-state index in [2.05, 4.69) is 5.32 Å². The molecule has 0 bridgehead atoms. The Morgan fingerprint density at radius 3 is 2.43 bits per heavy atom. The number of halogens is 1. The number of ether oxygens (including phenoxy) is 1. The summed E-state index contributed by atoms with van der Waals surface area (Å²) in [6, 6.07) is 16.2. The van der Waals surface area contributed by atoms with Gasteiger partial charge in [0.05, 0.1) is 17.3 Å². The minimum absolute atomic E-state index is 0.185. The molecular weight excluding hydrogens is 400 g/mol. The van der Waals surface area contributed by atoms with Gasteiger partial charge in [0, 0.05) is 11.9 Å². The summed E-state index contributed by atoms with van der Waals surface area (Å²) in [7, 11) is 1.46. The van der Waals surface area contributed by atoms with Crippen LogP contribution in [0, 0.1) is 0 Å².